The van der Waals surface area contributed by atoms with E-state index in [1.807, 2.05) is 56.3 Å². The summed E-state index contributed by atoms with van der Waals surface area (Å²) in [5.41, 5.74) is 1.47. The lowest BCUT2D eigenvalue weighted by molar-refractivity contribution is -0.0299. The van der Waals surface area contributed by atoms with Crippen LogP contribution in [0.4, 0.5) is 5.69 Å². The zero-order chi connectivity index (χ0) is 27.4. The molecule has 0 atom stereocenters. The van der Waals surface area contributed by atoms with Crippen molar-refractivity contribution in [2.75, 3.05) is 31.6 Å². The molecule has 2 aromatic carbocycles. The lowest BCUT2D eigenvalue weighted by Crippen LogP contribution is -2.49. The van der Waals surface area contributed by atoms with E-state index in [-0.39, 0.29) is 24.1 Å². The number of rotatable bonds is 9. The molecule has 2 aromatic heterocycles. The molecule has 0 saturated carbocycles. The molecule has 1 amide bonds. The number of carbonyl (C=O) groups is 1. The third kappa shape index (κ3) is 6.02. The topological polar surface area (TPSA) is 115 Å². The average molecular weight is 531 g/mol. The van der Waals surface area contributed by atoms with Crippen LogP contribution in [-0.4, -0.2) is 73.2 Å². The molecule has 10 nitrogen and oxygen atoms in total. The van der Waals surface area contributed by atoms with E-state index >= 15 is 0 Å². The predicted octanol–water partition coefficient (Wildman–Crippen LogP) is 3.09. The summed E-state index contributed by atoms with van der Waals surface area (Å²) in [6, 6.07) is 16.9. The maximum Gasteiger partial charge on any atom is 0.264 e. The van der Waals surface area contributed by atoms with Gasteiger partial charge in [-0.3, -0.25) is 14.2 Å². The minimum Gasteiger partial charge on any atom is -0.388 e. The van der Waals surface area contributed by atoms with Crippen LogP contribution >= 0.6 is 0 Å². The van der Waals surface area contributed by atoms with Crippen molar-refractivity contribution in [2.45, 2.75) is 44.9 Å². The number of aromatic nitrogens is 4. The number of anilines is 1. The van der Waals surface area contributed by atoms with Crippen LogP contribution in [0.3, 0.4) is 0 Å². The number of carbonyl (C=O) groups excluding carboxylic acids is 1. The van der Waals surface area contributed by atoms with Gasteiger partial charge in [0.2, 0.25) is 0 Å². The van der Waals surface area contributed by atoms with Gasteiger partial charge in [-0.2, -0.15) is 5.10 Å². The van der Waals surface area contributed by atoms with Crippen LogP contribution in [0.5, 0.6) is 0 Å². The number of hydrogen-bond acceptors (Lipinski definition) is 7. The van der Waals surface area contributed by atoms with Gasteiger partial charge in [0.15, 0.2) is 5.65 Å². The highest BCUT2D eigenvalue weighted by Crippen LogP contribution is 2.25. The summed E-state index contributed by atoms with van der Waals surface area (Å²) in [6.45, 7) is 6.29. The molecule has 5 rings (SSSR count). The van der Waals surface area contributed by atoms with Crippen molar-refractivity contribution in [3.8, 4) is 5.69 Å². The largest absolute Gasteiger partial charge is 0.388 e. The average Bonchev–Trinajstić information content (AvgIpc) is 3.38. The Morgan fingerprint density at radius 1 is 1.10 bits per heavy atom. The molecular weight excluding hydrogens is 496 g/mol. The summed E-state index contributed by atoms with van der Waals surface area (Å²) in [5, 5.41) is 19.3. The lowest BCUT2D eigenvalue weighted by Gasteiger charge is -2.38. The number of ether oxygens (including phenoxy) is 1. The molecule has 0 spiro atoms. The number of nitrogens with one attached hydrogen (secondary N) is 1. The van der Waals surface area contributed by atoms with Gasteiger partial charge in [-0.05, 0) is 63.1 Å². The standard InChI is InChI=1S/C29H34N6O4/c1-21(2)39-17-14-30-23-8-10-24(11-9-23)35-26-25(18-32-35)28(37)34(20-31-26)19-29(38)12-15-33(16-13-29)27(36)22-6-4-3-5-7-22/h3-11,18,20-21,30,38H,12-17,19H2,1-2H3. The van der Waals surface area contributed by atoms with Crippen LogP contribution in [-0.2, 0) is 11.3 Å². The zero-order valence-corrected chi connectivity index (χ0v) is 22.3. The van der Waals surface area contributed by atoms with E-state index < -0.39 is 5.60 Å². The molecule has 0 unspecified atom stereocenters. The first-order valence-electron chi connectivity index (χ1n) is 13.3. The molecule has 1 saturated heterocycles. The van der Waals surface area contributed by atoms with Crippen molar-refractivity contribution in [2.24, 2.45) is 0 Å². The van der Waals surface area contributed by atoms with Gasteiger partial charge >= 0.3 is 0 Å². The highest BCUT2D eigenvalue weighted by molar-refractivity contribution is 5.94. The molecule has 4 aromatic rings. The summed E-state index contributed by atoms with van der Waals surface area (Å²) < 4.78 is 8.63. The number of piperidine rings is 1. The second kappa shape index (κ2) is 11.4. The van der Waals surface area contributed by atoms with Gasteiger partial charge in [-0.25, -0.2) is 9.67 Å². The van der Waals surface area contributed by atoms with Crippen molar-refractivity contribution >= 4 is 22.6 Å². The Morgan fingerprint density at radius 3 is 2.51 bits per heavy atom. The van der Waals surface area contributed by atoms with Gasteiger partial charge < -0.3 is 20.1 Å². The third-order valence-electron chi connectivity index (χ3n) is 7.02. The number of aliphatic hydroxyl groups is 1. The van der Waals surface area contributed by atoms with E-state index in [0.29, 0.717) is 55.7 Å². The summed E-state index contributed by atoms with van der Waals surface area (Å²) in [7, 11) is 0. The molecule has 1 aliphatic rings. The fourth-order valence-corrected chi connectivity index (χ4v) is 4.83. The molecule has 39 heavy (non-hydrogen) atoms. The quantitative estimate of drug-likeness (QED) is 0.320. The van der Waals surface area contributed by atoms with Gasteiger partial charge in [0.25, 0.3) is 11.5 Å². The smallest absolute Gasteiger partial charge is 0.264 e. The Kier molecular flexibility index (Phi) is 7.76. The van der Waals surface area contributed by atoms with Crippen LogP contribution in [0.15, 0.2) is 71.9 Å². The van der Waals surface area contributed by atoms with E-state index in [2.05, 4.69) is 15.4 Å². The van der Waals surface area contributed by atoms with E-state index in [9.17, 15) is 14.7 Å². The van der Waals surface area contributed by atoms with Crippen LogP contribution < -0.4 is 10.9 Å². The molecule has 2 N–H and O–H groups in total. The molecule has 0 radical (unpaired) electrons. The van der Waals surface area contributed by atoms with E-state index in [1.165, 1.54) is 17.1 Å². The summed E-state index contributed by atoms with van der Waals surface area (Å²) >= 11 is 0. The Balaban J connectivity index is 1.25. The Morgan fingerprint density at radius 2 is 1.82 bits per heavy atom. The van der Waals surface area contributed by atoms with Crippen molar-refractivity contribution in [3.05, 3.63) is 83.0 Å². The molecule has 3 heterocycles. The summed E-state index contributed by atoms with van der Waals surface area (Å²) in [5.74, 6) is -0.0470. The molecule has 1 fully saturated rings. The number of benzene rings is 2. The van der Waals surface area contributed by atoms with Crippen LogP contribution in [0.25, 0.3) is 16.7 Å². The van der Waals surface area contributed by atoms with Crippen molar-refractivity contribution < 1.29 is 14.6 Å². The van der Waals surface area contributed by atoms with Gasteiger partial charge in [-0.1, -0.05) is 18.2 Å². The van der Waals surface area contributed by atoms with Gasteiger partial charge in [0.05, 0.1) is 36.7 Å². The first-order valence-corrected chi connectivity index (χ1v) is 13.3. The minimum absolute atomic E-state index is 0.0470. The Bertz CT molecular complexity index is 1470. The van der Waals surface area contributed by atoms with Crippen molar-refractivity contribution in [1.82, 2.24) is 24.2 Å². The molecule has 10 heteroatoms. The van der Waals surface area contributed by atoms with E-state index in [0.717, 1.165) is 11.4 Å². The molecule has 1 aliphatic heterocycles. The first-order chi connectivity index (χ1) is 18.8. The number of fused-ring (bicyclic) bond motifs is 1. The van der Waals surface area contributed by atoms with Crippen molar-refractivity contribution in [3.63, 3.8) is 0 Å². The SMILES string of the molecule is CC(C)OCCNc1ccc(-n2ncc3c(=O)n(CC4(O)CCN(C(=O)c5ccccc5)CC4)cnc32)cc1. The fraction of sp³-hybridized carbons (Fsp3) is 0.379. The maximum absolute atomic E-state index is 13.3. The van der Waals surface area contributed by atoms with Crippen molar-refractivity contribution in [1.29, 1.82) is 0 Å². The minimum atomic E-state index is -1.11. The number of hydrogen-bond donors (Lipinski definition) is 2. The fourth-order valence-electron chi connectivity index (χ4n) is 4.83. The number of nitrogens with zero attached hydrogens (tertiary/aromatic N) is 5. The predicted molar refractivity (Wildman–Crippen MR) is 149 cm³/mol. The molecule has 0 aliphatic carbocycles. The molecule has 0 bridgehead atoms. The number of amides is 1. The first kappa shape index (κ1) is 26.6. The van der Waals surface area contributed by atoms with Gasteiger partial charge in [0.1, 0.15) is 11.7 Å². The Hall–Kier alpha value is -4.02. The summed E-state index contributed by atoms with van der Waals surface area (Å²) in [4.78, 5) is 32.3. The summed E-state index contributed by atoms with van der Waals surface area (Å²) in [6.07, 6.45) is 3.93. The lowest BCUT2D eigenvalue weighted by atomic mass is 9.91. The van der Waals surface area contributed by atoms with E-state index in [1.54, 1.807) is 21.7 Å². The maximum atomic E-state index is 13.3. The highest BCUT2D eigenvalue weighted by atomic mass is 16.5. The zero-order valence-electron chi connectivity index (χ0n) is 22.3. The van der Waals surface area contributed by atoms with Crippen LogP contribution in [0, 0.1) is 0 Å². The van der Waals surface area contributed by atoms with Gasteiger partial charge in [0, 0.05) is 30.9 Å². The van der Waals surface area contributed by atoms with Crippen LogP contribution in [0.2, 0.25) is 0 Å². The second-order valence-corrected chi connectivity index (χ2v) is 10.2. The van der Waals surface area contributed by atoms with Crippen LogP contribution in [0.1, 0.15) is 37.0 Å². The monoisotopic (exact) mass is 530 g/mol. The third-order valence-corrected chi connectivity index (χ3v) is 7.02. The Labute approximate surface area is 226 Å². The second-order valence-electron chi connectivity index (χ2n) is 10.2. The molecule has 204 valence electrons. The highest BCUT2D eigenvalue weighted by Gasteiger charge is 2.35. The molecular formula is C29H34N6O4. The van der Waals surface area contributed by atoms with Gasteiger partial charge in [-0.15, -0.1) is 0 Å². The number of likely N-dealkylation sites (tertiary alicyclic amines) is 1. The van der Waals surface area contributed by atoms with E-state index in [4.69, 9.17) is 4.74 Å². The normalized spacial score (nSPS) is 15.1.